The molecule has 3 aromatic rings. The van der Waals surface area contributed by atoms with Gasteiger partial charge in [0.1, 0.15) is 52.8 Å². The van der Waals surface area contributed by atoms with Crippen LogP contribution in [0.2, 0.25) is 0 Å². The summed E-state index contributed by atoms with van der Waals surface area (Å²) in [4.78, 5) is 25.7. The summed E-state index contributed by atoms with van der Waals surface area (Å²) in [5.41, 5.74) is 1.35. The van der Waals surface area contributed by atoms with E-state index in [1.54, 1.807) is 13.0 Å². The molecular weight excluding hydrogens is 632 g/mol. The van der Waals surface area contributed by atoms with Crippen LogP contribution in [-0.4, -0.2) is 93.7 Å². The number of carbonyl (C=O) groups is 2. The molecule has 5 rings (SSSR count). The highest BCUT2D eigenvalue weighted by Crippen LogP contribution is 2.52. The van der Waals surface area contributed by atoms with E-state index in [0.717, 1.165) is 12.1 Å². The molecular formula is C34H34O14. The Morgan fingerprint density at radius 2 is 1.42 bits per heavy atom. The second-order valence-corrected chi connectivity index (χ2v) is 11.8. The molecule has 0 spiro atoms. The third-order valence-corrected chi connectivity index (χ3v) is 8.52. The van der Waals surface area contributed by atoms with Crippen molar-refractivity contribution >= 4 is 24.1 Å². The lowest BCUT2D eigenvalue weighted by atomic mass is 9.67. The van der Waals surface area contributed by atoms with Gasteiger partial charge in [0.2, 0.25) is 6.29 Å². The van der Waals surface area contributed by atoms with Crippen molar-refractivity contribution in [2.24, 2.45) is 5.92 Å². The number of aliphatic hydroxyl groups excluding tert-OH is 3. The van der Waals surface area contributed by atoms with Crippen LogP contribution in [0.5, 0.6) is 34.5 Å². The van der Waals surface area contributed by atoms with Crippen molar-refractivity contribution in [3.05, 3.63) is 82.4 Å². The lowest BCUT2D eigenvalue weighted by Gasteiger charge is -2.40. The highest BCUT2D eigenvalue weighted by Gasteiger charge is 2.50. The van der Waals surface area contributed by atoms with E-state index in [1.807, 2.05) is 0 Å². The summed E-state index contributed by atoms with van der Waals surface area (Å²) < 4.78 is 10.6. The van der Waals surface area contributed by atoms with E-state index in [4.69, 9.17) is 9.47 Å². The molecule has 2 aliphatic rings. The molecule has 1 aliphatic carbocycles. The van der Waals surface area contributed by atoms with Crippen LogP contribution in [-0.2, 0) is 19.1 Å². The molecule has 0 bridgehead atoms. The van der Waals surface area contributed by atoms with Gasteiger partial charge >= 0.3 is 11.9 Å². The number of hydrogen-bond acceptors (Lipinski definition) is 13. The van der Waals surface area contributed by atoms with E-state index in [2.05, 4.69) is 0 Å². The summed E-state index contributed by atoms with van der Waals surface area (Å²) in [6.45, 7) is 1.72. The van der Waals surface area contributed by atoms with Crippen LogP contribution in [0, 0.1) is 5.92 Å². The molecule has 14 heteroatoms. The monoisotopic (exact) mass is 666 g/mol. The molecule has 254 valence electrons. The standard InChI is InChI=1S/C34H34O14/c1-14-8-20(19-7-6-18(36)13-23(19)38)26(33(46)48-34-30(43)28(41)29(42)31(47-34)32(44)45)21(9-14)27-24(39)10-15(11-25(27)40)2-3-16-4-5-17(35)12-22(16)37/h2-7,9-13,20-21,26,28-31,34-43H,8H2,1H3,(H,44,45)/b3-2+. The molecule has 1 aliphatic heterocycles. The lowest BCUT2D eigenvalue weighted by molar-refractivity contribution is -0.287. The van der Waals surface area contributed by atoms with Gasteiger partial charge in [-0.2, -0.15) is 0 Å². The van der Waals surface area contributed by atoms with Gasteiger partial charge in [-0.05, 0) is 54.8 Å². The van der Waals surface area contributed by atoms with E-state index in [-0.39, 0.29) is 46.1 Å². The third-order valence-electron chi connectivity index (χ3n) is 8.52. The van der Waals surface area contributed by atoms with Gasteiger partial charge in [-0.15, -0.1) is 0 Å². The molecule has 0 aromatic heterocycles. The van der Waals surface area contributed by atoms with Gasteiger partial charge in [0.25, 0.3) is 0 Å². The second-order valence-electron chi connectivity index (χ2n) is 11.8. The number of allylic oxidation sites excluding steroid dienone is 2. The Hall–Kier alpha value is -5.28. The van der Waals surface area contributed by atoms with Crippen LogP contribution in [0.25, 0.3) is 12.2 Å². The van der Waals surface area contributed by atoms with Crippen LogP contribution in [0.1, 0.15) is 47.4 Å². The first-order valence-electron chi connectivity index (χ1n) is 14.7. The number of carbonyl (C=O) groups excluding carboxylic acids is 1. The maximum absolute atomic E-state index is 14.1. The van der Waals surface area contributed by atoms with Gasteiger partial charge < -0.3 is 60.5 Å². The summed E-state index contributed by atoms with van der Waals surface area (Å²) in [6.07, 6.45) is -5.58. The Bertz CT molecular complexity index is 1760. The molecule has 8 unspecified atom stereocenters. The summed E-state index contributed by atoms with van der Waals surface area (Å²) in [5, 5.41) is 103. The Balaban J connectivity index is 1.56. The van der Waals surface area contributed by atoms with Crippen molar-refractivity contribution in [3.63, 3.8) is 0 Å². The fourth-order valence-electron chi connectivity index (χ4n) is 6.21. The number of aromatic hydroxyl groups is 6. The Morgan fingerprint density at radius 1 is 0.792 bits per heavy atom. The molecule has 0 amide bonds. The topological polar surface area (TPSA) is 255 Å². The SMILES string of the molecule is CC1=CC(c2c(O)cc(/C=C/c3ccc(O)cc3O)cc2O)C(C(=O)OC2OC(C(=O)O)C(O)C(O)C2O)C(c2ccc(O)cc2O)C1. The number of esters is 1. The smallest absolute Gasteiger partial charge is 0.335 e. The minimum absolute atomic E-state index is 0.118. The van der Waals surface area contributed by atoms with E-state index in [0.29, 0.717) is 11.1 Å². The predicted octanol–water partition coefficient (Wildman–Crippen LogP) is 2.36. The number of carboxylic acid groups (broad SMARTS) is 1. The zero-order valence-corrected chi connectivity index (χ0v) is 25.3. The van der Waals surface area contributed by atoms with Crippen LogP contribution in [0.4, 0.5) is 0 Å². The number of aliphatic carboxylic acids is 1. The Kier molecular flexibility index (Phi) is 9.54. The van der Waals surface area contributed by atoms with Gasteiger partial charge in [-0.3, -0.25) is 4.79 Å². The number of phenols is 6. The number of benzene rings is 3. The average molecular weight is 667 g/mol. The fraction of sp³-hybridized carbons (Fsp3) is 0.294. The largest absolute Gasteiger partial charge is 0.508 e. The molecule has 48 heavy (non-hydrogen) atoms. The number of aliphatic hydroxyl groups is 3. The van der Waals surface area contributed by atoms with Gasteiger partial charge in [0, 0.05) is 35.1 Å². The van der Waals surface area contributed by atoms with Crippen molar-refractivity contribution < 1.29 is 70.1 Å². The van der Waals surface area contributed by atoms with Crippen LogP contribution < -0.4 is 0 Å². The number of rotatable bonds is 7. The molecule has 14 nitrogen and oxygen atoms in total. The van der Waals surface area contributed by atoms with Crippen LogP contribution in [0.15, 0.2) is 60.2 Å². The summed E-state index contributed by atoms with van der Waals surface area (Å²) >= 11 is 0. The minimum Gasteiger partial charge on any atom is -0.508 e. The van der Waals surface area contributed by atoms with Crippen molar-refractivity contribution in [2.75, 3.05) is 0 Å². The quantitative estimate of drug-likeness (QED) is 0.0987. The summed E-state index contributed by atoms with van der Waals surface area (Å²) in [6, 6.07) is 10.3. The minimum atomic E-state index is -2.06. The zero-order chi connectivity index (χ0) is 35.0. The first kappa shape index (κ1) is 34.1. The van der Waals surface area contributed by atoms with E-state index in [1.165, 1.54) is 48.6 Å². The van der Waals surface area contributed by atoms with Crippen molar-refractivity contribution in [1.82, 2.24) is 0 Å². The van der Waals surface area contributed by atoms with Crippen molar-refractivity contribution in [2.45, 2.75) is 55.9 Å². The number of hydrogen-bond donors (Lipinski definition) is 10. The highest BCUT2D eigenvalue weighted by molar-refractivity contribution is 5.79. The van der Waals surface area contributed by atoms with E-state index < -0.39 is 71.9 Å². The van der Waals surface area contributed by atoms with Gasteiger partial charge in [-0.1, -0.05) is 29.9 Å². The van der Waals surface area contributed by atoms with Gasteiger partial charge in [-0.25, -0.2) is 4.79 Å². The fourth-order valence-corrected chi connectivity index (χ4v) is 6.21. The summed E-state index contributed by atoms with van der Waals surface area (Å²) in [7, 11) is 0. The number of ether oxygens (including phenoxy) is 2. The van der Waals surface area contributed by atoms with E-state index in [9.17, 15) is 60.7 Å². The Morgan fingerprint density at radius 3 is 2.02 bits per heavy atom. The normalized spacial score (nSPS) is 27.4. The molecule has 3 aromatic carbocycles. The second kappa shape index (κ2) is 13.4. The first-order chi connectivity index (χ1) is 22.7. The van der Waals surface area contributed by atoms with Gasteiger partial charge in [0.05, 0.1) is 5.92 Å². The van der Waals surface area contributed by atoms with Crippen molar-refractivity contribution in [3.8, 4) is 34.5 Å². The molecule has 0 radical (unpaired) electrons. The van der Waals surface area contributed by atoms with Crippen LogP contribution in [0.3, 0.4) is 0 Å². The van der Waals surface area contributed by atoms with Crippen LogP contribution >= 0.6 is 0 Å². The summed E-state index contributed by atoms with van der Waals surface area (Å²) in [5.74, 6) is -8.22. The number of carboxylic acids is 1. The zero-order valence-electron chi connectivity index (χ0n) is 25.3. The predicted molar refractivity (Wildman–Crippen MR) is 166 cm³/mol. The molecule has 0 saturated carbocycles. The maximum atomic E-state index is 14.1. The number of phenolic OH excluding ortho intramolecular Hbond substituents is 6. The highest BCUT2D eigenvalue weighted by atomic mass is 16.7. The average Bonchev–Trinajstić information content (AvgIpc) is 3.00. The Labute approximate surface area is 272 Å². The third kappa shape index (κ3) is 6.73. The lowest BCUT2D eigenvalue weighted by Crippen LogP contribution is -2.61. The molecule has 1 fully saturated rings. The molecule has 10 N–H and O–H groups in total. The van der Waals surface area contributed by atoms with Crippen molar-refractivity contribution in [1.29, 1.82) is 0 Å². The maximum Gasteiger partial charge on any atom is 0.335 e. The first-order valence-corrected chi connectivity index (χ1v) is 14.7. The van der Waals surface area contributed by atoms with E-state index >= 15 is 0 Å². The van der Waals surface area contributed by atoms with Gasteiger partial charge in [0.15, 0.2) is 6.10 Å². The molecule has 8 atom stereocenters. The molecule has 1 heterocycles. The molecule has 1 saturated heterocycles.